The SMILES string of the molecule is Cc1cc([C@H]2[C@H](c3ccccn3)NC(=S)N2c2ccccc2)c(C)n1Cc1ccncc1. The van der Waals surface area contributed by atoms with Crippen LogP contribution in [0.3, 0.4) is 0 Å². The lowest BCUT2D eigenvalue weighted by Gasteiger charge is -2.28. The van der Waals surface area contributed by atoms with Crippen LogP contribution in [0.25, 0.3) is 0 Å². The Labute approximate surface area is 193 Å². The van der Waals surface area contributed by atoms with E-state index in [1.54, 1.807) is 0 Å². The van der Waals surface area contributed by atoms with Gasteiger partial charge in [0.25, 0.3) is 0 Å². The smallest absolute Gasteiger partial charge is 0.174 e. The van der Waals surface area contributed by atoms with Crippen molar-refractivity contribution in [1.82, 2.24) is 19.9 Å². The van der Waals surface area contributed by atoms with Crippen molar-refractivity contribution in [2.45, 2.75) is 32.5 Å². The Balaban J connectivity index is 1.62. The van der Waals surface area contributed by atoms with E-state index in [0.717, 1.165) is 23.0 Å². The highest BCUT2D eigenvalue weighted by atomic mass is 32.1. The highest BCUT2D eigenvalue weighted by Gasteiger charge is 2.42. The van der Waals surface area contributed by atoms with Crippen LogP contribution in [0.2, 0.25) is 0 Å². The molecule has 1 aromatic carbocycles. The molecule has 0 saturated carbocycles. The minimum Gasteiger partial charge on any atom is -0.351 e. The molecule has 4 heterocycles. The van der Waals surface area contributed by atoms with Gasteiger partial charge in [0, 0.05) is 42.2 Å². The minimum absolute atomic E-state index is 0.00260. The normalized spacial score (nSPS) is 18.1. The Kier molecular flexibility index (Phi) is 5.45. The van der Waals surface area contributed by atoms with Crippen LogP contribution < -0.4 is 10.2 Å². The van der Waals surface area contributed by atoms with Gasteiger partial charge in [0.15, 0.2) is 5.11 Å². The molecule has 1 saturated heterocycles. The highest BCUT2D eigenvalue weighted by Crippen LogP contribution is 2.43. The Morgan fingerprint density at radius 2 is 1.69 bits per heavy atom. The molecule has 5 nitrogen and oxygen atoms in total. The van der Waals surface area contributed by atoms with Crippen LogP contribution >= 0.6 is 12.2 Å². The summed E-state index contributed by atoms with van der Waals surface area (Å²) < 4.78 is 2.37. The van der Waals surface area contributed by atoms with Crippen LogP contribution in [-0.2, 0) is 6.54 Å². The molecule has 0 unspecified atom stereocenters. The molecule has 32 heavy (non-hydrogen) atoms. The van der Waals surface area contributed by atoms with Crippen molar-refractivity contribution in [2.24, 2.45) is 0 Å². The first kappa shape index (κ1) is 20.4. The van der Waals surface area contributed by atoms with E-state index in [2.05, 4.69) is 87.1 Å². The zero-order chi connectivity index (χ0) is 22.1. The van der Waals surface area contributed by atoms with Gasteiger partial charge >= 0.3 is 0 Å². The monoisotopic (exact) mass is 439 g/mol. The summed E-state index contributed by atoms with van der Waals surface area (Å²) in [6.07, 6.45) is 5.53. The van der Waals surface area contributed by atoms with E-state index in [1.165, 1.54) is 22.5 Å². The van der Waals surface area contributed by atoms with E-state index in [9.17, 15) is 0 Å². The lowest BCUT2D eigenvalue weighted by Crippen LogP contribution is -2.29. The molecule has 1 aliphatic rings. The number of aromatic nitrogens is 3. The first-order chi connectivity index (χ1) is 15.6. The van der Waals surface area contributed by atoms with Crippen LogP contribution in [0.5, 0.6) is 0 Å². The molecule has 0 spiro atoms. The second-order valence-corrected chi connectivity index (χ2v) is 8.49. The summed E-state index contributed by atoms with van der Waals surface area (Å²) in [5.74, 6) is 0. The van der Waals surface area contributed by atoms with Crippen LogP contribution in [0.1, 0.15) is 40.3 Å². The van der Waals surface area contributed by atoms with Gasteiger partial charge in [0.2, 0.25) is 0 Å². The van der Waals surface area contributed by atoms with Gasteiger partial charge in [-0.2, -0.15) is 0 Å². The molecule has 1 aliphatic heterocycles. The van der Waals surface area contributed by atoms with E-state index in [4.69, 9.17) is 12.2 Å². The molecule has 0 aliphatic carbocycles. The van der Waals surface area contributed by atoms with Crippen molar-refractivity contribution in [1.29, 1.82) is 0 Å². The zero-order valence-corrected chi connectivity index (χ0v) is 19.0. The van der Waals surface area contributed by atoms with Crippen molar-refractivity contribution in [2.75, 3.05) is 4.90 Å². The predicted molar refractivity (Wildman–Crippen MR) is 132 cm³/mol. The number of nitrogens with zero attached hydrogens (tertiary/aromatic N) is 4. The van der Waals surface area contributed by atoms with Crippen molar-refractivity contribution in [3.8, 4) is 0 Å². The lowest BCUT2D eigenvalue weighted by molar-refractivity contribution is 0.563. The second kappa shape index (κ2) is 8.55. The fourth-order valence-corrected chi connectivity index (χ4v) is 4.92. The number of hydrogen-bond donors (Lipinski definition) is 1. The van der Waals surface area contributed by atoms with Crippen LogP contribution in [0.15, 0.2) is 85.3 Å². The Hall–Kier alpha value is -3.51. The van der Waals surface area contributed by atoms with Crippen molar-refractivity contribution >= 4 is 23.0 Å². The van der Waals surface area contributed by atoms with Crippen LogP contribution in [0.4, 0.5) is 5.69 Å². The maximum atomic E-state index is 5.84. The number of benzene rings is 1. The van der Waals surface area contributed by atoms with Crippen molar-refractivity contribution < 1.29 is 0 Å². The molecule has 1 N–H and O–H groups in total. The van der Waals surface area contributed by atoms with Gasteiger partial charge in [-0.1, -0.05) is 24.3 Å². The Morgan fingerprint density at radius 3 is 2.41 bits per heavy atom. The molecular formula is C26H25N5S. The molecule has 1 fully saturated rings. The molecule has 4 aromatic rings. The van der Waals surface area contributed by atoms with E-state index >= 15 is 0 Å². The first-order valence-electron chi connectivity index (χ1n) is 10.7. The second-order valence-electron chi connectivity index (χ2n) is 8.10. The number of para-hydroxylation sites is 1. The summed E-state index contributed by atoms with van der Waals surface area (Å²) in [6, 6.07) is 22.8. The first-order valence-corrected chi connectivity index (χ1v) is 11.2. The number of aryl methyl sites for hydroxylation is 1. The third-order valence-corrected chi connectivity index (χ3v) is 6.47. The summed E-state index contributed by atoms with van der Waals surface area (Å²) in [5, 5.41) is 4.27. The zero-order valence-electron chi connectivity index (χ0n) is 18.1. The Bertz CT molecular complexity index is 1220. The van der Waals surface area contributed by atoms with E-state index in [1.807, 2.05) is 36.8 Å². The molecule has 5 rings (SSSR count). The van der Waals surface area contributed by atoms with E-state index in [0.29, 0.717) is 0 Å². The number of thiocarbonyl (C=S) groups is 1. The summed E-state index contributed by atoms with van der Waals surface area (Å²) in [4.78, 5) is 11.0. The Morgan fingerprint density at radius 1 is 0.938 bits per heavy atom. The molecule has 0 bridgehead atoms. The molecule has 0 amide bonds. The third kappa shape index (κ3) is 3.67. The summed E-state index contributed by atoms with van der Waals surface area (Å²) in [5.41, 5.74) is 7.00. The van der Waals surface area contributed by atoms with Crippen LogP contribution in [-0.4, -0.2) is 19.6 Å². The van der Waals surface area contributed by atoms with Gasteiger partial charge in [-0.05, 0) is 79.7 Å². The van der Waals surface area contributed by atoms with E-state index in [-0.39, 0.29) is 12.1 Å². The molecular weight excluding hydrogens is 414 g/mol. The van der Waals surface area contributed by atoms with Gasteiger partial charge in [0.1, 0.15) is 0 Å². The molecule has 2 atom stereocenters. The number of rotatable bonds is 5. The number of hydrogen-bond acceptors (Lipinski definition) is 3. The van der Waals surface area contributed by atoms with Gasteiger partial charge in [0.05, 0.1) is 17.8 Å². The molecule has 3 aromatic heterocycles. The molecule has 160 valence electrons. The molecule has 0 radical (unpaired) electrons. The average molecular weight is 440 g/mol. The van der Waals surface area contributed by atoms with Crippen molar-refractivity contribution in [3.05, 3.63) is 114 Å². The van der Waals surface area contributed by atoms with Gasteiger partial charge in [-0.25, -0.2) is 0 Å². The van der Waals surface area contributed by atoms with Crippen LogP contribution in [0, 0.1) is 13.8 Å². The minimum atomic E-state index is -0.0428. The van der Waals surface area contributed by atoms with Gasteiger partial charge in [-0.3, -0.25) is 9.97 Å². The summed E-state index contributed by atoms with van der Waals surface area (Å²) in [6.45, 7) is 5.18. The quantitative estimate of drug-likeness (QED) is 0.437. The fourth-order valence-electron chi connectivity index (χ4n) is 4.58. The fraction of sp³-hybridized carbons (Fsp3) is 0.192. The summed E-state index contributed by atoms with van der Waals surface area (Å²) in [7, 11) is 0. The van der Waals surface area contributed by atoms with E-state index < -0.39 is 0 Å². The largest absolute Gasteiger partial charge is 0.351 e. The predicted octanol–water partition coefficient (Wildman–Crippen LogP) is 5.12. The number of anilines is 1. The summed E-state index contributed by atoms with van der Waals surface area (Å²) >= 11 is 5.84. The topological polar surface area (TPSA) is 46.0 Å². The van der Waals surface area contributed by atoms with Gasteiger partial charge < -0.3 is 14.8 Å². The molecule has 6 heteroatoms. The maximum Gasteiger partial charge on any atom is 0.174 e. The van der Waals surface area contributed by atoms with Crippen molar-refractivity contribution in [3.63, 3.8) is 0 Å². The third-order valence-electron chi connectivity index (χ3n) is 6.15. The number of nitrogens with one attached hydrogen (secondary N) is 1. The number of pyridine rings is 2. The average Bonchev–Trinajstić information content (AvgIpc) is 3.32. The lowest BCUT2D eigenvalue weighted by atomic mass is 9.96. The van der Waals surface area contributed by atoms with Gasteiger partial charge in [-0.15, -0.1) is 0 Å². The highest BCUT2D eigenvalue weighted by molar-refractivity contribution is 7.80. The standard InChI is InChI=1S/C26H25N5S/c1-18-16-22(19(2)30(18)17-20-11-14-27-15-12-20)25-24(23-10-6-7-13-28-23)29-26(32)31(25)21-8-4-3-5-9-21/h3-16,24-25H,17H2,1-2H3,(H,29,32)/t24-,25-/m0/s1. The maximum absolute atomic E-state index is 5.84.